The predicted molar refractivity (Wildman–Crippen MR) is 68.9 cm³/mol. The minimum absolute atomic E-state index is 0.441. The maximum Gasteiger partial charge on any atom is 0.328 e. The summed E-state index contributed by atoms with van der Waals surface area (Å²) < 4.78 is 0. The fraction of sp³-hybridized carbons (Fsp3) is 0.818. The van der Waals surface area contributed by atoms with Crippen LogP contribution in [0.4, 0.5) is 0 Å². The van der Waals surface area contributed by atoms with Gasteiger partial charge in [0.15, 0.2) is 5.78 Å². The molecule has 5 N–H and O–H groups in total. The SMILES string of the molecule is CC(C)[C@H](C(=O)O)N(CC(=O)[C@H](O)[C@@H](O)[C@@H](O)CO)N=O. The first-order valence-corrected chi connectivity index (χ1v) is 6.17. The van der Waals surface area contributed by atoms with Crippen molar-refractivity contribution in [1.29, 1.82) is 0 Å². The normalized spacial score (nSPS) is 16.9. The summed E-state index contributed by atoms with van der Waals surface area (Å²) in [7, 11) is 0. The van der Waals surface area contributed by atoms with Gasteiger partial charge in [-0.25, -0.2) is 9.80 Å². The van der Waals surface area contributed by atoms with Crippen molar-refractivity contribution in [3.05, 3.63) is 4.91 Å². The molecule has 0 amide bonds. The molecule has 0 unspecified atom stereocenters. The van der Waals surface area contributed by atoms with Gasteiger partial charge in [-0.15, -0.1) is 4.91 Å². The molecule has 0 aliphatic rings. The molecule has 0 bridgehead atoms. The number of carboxylic acid groups (broad SMARTS) is 1. The van der Waals surface area contributed by atoms with Gasteiger partial charge >= 0.3 is 5.97 Å². The molecule has 0 fully saturated rings. The summed E-state index contributed by atoms with van der Waals surface area (Å²) in [6.45, 7) is 1.27. The van der Waals surface area contributed by atoms with Gasteiger partial charge in [-0.3, -0.25) is 4.79 Å². The van der Waals surface area contributed by atoms with Crippen LogP contribution in [0, 0.1) is 10.8 Å². The lowest BCUT2D eigenvalue weighted by Crippen LogP contribution is -2.50. The summed E-state index contributed by atoms with van der Waals surface area (Å²) in [5.74, 6) is -3.03. The third-order valence-corrected chi connectivity index (χ3v) is 2.86. The van der Waals surface area contributed by atoms with Crippen molar-refractivity contribution in [2.45, 2.75) is 38.2 Å². The Kier molecular flexibility index (Phi) is 7.95. The highest BCUT2D eigenvalue weighted by Gasteiger charge is 2.35. The number of carbonyl (C=O) groups excluding carboxylic acids is 1. The Labute approximate surface area is 120 Å². The van der Waals surface area contributed by atoms with Gasteiger partial charge in [-0.05, 0) is 5.92 Å². The van der Waals surface area contributed by atoms with Crippen molar-refractivity contribution in [2.75, 3.05) is 13.2 Å². The number of rotatable bonds is 10. The second kappa shape index (κ2) is 8.62. The molecule has 0 heterocycles. The Balaban J connectivity index is 4.93. The Morgan fingerprint density at radius 1 is 1.19 bits per heavy atom. The maximum atomic E-state index is 11.7. The van der Waals surface area contributed by atoms with E-state index in [1.54, 1.807) is 0 Å². The Bertz CT molecular complexity index is 375. The number of Topliss-reactive ketones (excluding diaryl/α,β-unsaturated/α-hetero) is 1. The van der Waals surface area contributed by atoms with E-state index in [1.165, 1.54) is 13.8 Å². The van der Waals surface area contributed by atoms with Crippen LogP contribution in [0.2, 0.25) is 0 Å². The van der Waals surface area contributed by atoms with Gasteiger partial charge in [0.05, 0.1) is 11.9 Å². The number of nitrogens with zero attached hydrogens (tertiary/aromatic N) is 2. The molecule has 10 nitrogen and oxygen atoms in total. The molecular weight excluding hydrogens is 288 g/mol. The van der Waals surface area contributed by atoms with Crippen molar-refractivity contribution < 1.29 is 35.1 Å². The number of hydrogen-bond donors (Lipinski definition) is 5. The van der Waals surface area contributed by atoms with Crippen LogP contribution < -0.4 is 0 Å². The van der Waals surface area contributed by atoms with Crippen molar-refractivity contribution in [2.24, 2.45) is 11.2 Å². The molecule has 122 valence electrons. The van der Waals surface area contributed by atoms with Crippen LogP contribution >= 0.6 is 0 Å². The van der Waals surface area contributed by atoms with Gasteiger partial charge in [0.1, 0.15) is 30.9 Å². The number of carbonyl (C=O) groups is 2. The number of ketones is 1. The Hall–Kier alpha value is -1.62. The second-order valence-electron chi connectivity index (χ2n) is 4.86. The van der Waals surface area contributed by atoms with Crippen molar-refractivity contribution >= 4 is 11.8 Å². The standard InChI is InChI=1S/C11H20N2O8/c1-5(2)8(11(19)20)13(12-21)3-6(15)9(17)10(18)7(16)4-14/h5,7-10,14,16-18H,3-4H2,1-2H3,(H,19,20)/t7-,8+,9-,10-/m0/s1. The van der Waals surface area contributed by atoms with E-state index in [-0.39, 0.29) is 0 Å². The molecule has 0 spiro atoms. The first-order valence-electron chi connectivity index (χ1n) is 6.17. The van der Waals surface area contributed by atoms with Gasteiger partial charge in [-0.1, -0.05) is 13.8 Å². The largest absolute Gasteiger partial charge is 0.480 e. The zero-order chi connectivity index (χ0) is 16.7. The molecule has 0 aromatic heterocycles. The number of aliphatic carboxylic acids is 1. The van der Waals surface area contributed by atoms with Crippen LogP contribution in [0.5, 0.6) is 0 Å². The average molecular weight is 308 g/mol. The van der Waals surface area contributed by atoms with Crippen LogP contribution in [0.1, 0.15) is 13.8 Å². The molecule has 0 saturated carbocycles. The molecule has 0 aliphatic carbocycles. The summed E-state index contributed by atoms with van der Waals surface area (Å²) in [5.41, 5.74) is 0. The molecule has 0 aromatic rings. The highest BCUT2D eigenvalue weighted by atomic mass is 16.4. The summed E-state index contributed by atoms with van der Waals surface area (Å²) in [6, 6.07) is -1.38. The van der Waals surface area contributed by atoms with Gasteiger partial charge in [0.25, 0.3) is 0 Å². The molecule has 4 atom stereocenters. The van der Waals surface area contributed by atoms with E-state index in [0.29, 0.717) is 5.01 Å². The van der Waals surface area contributed by atoms with E-state index < -0.39 is 55.2 Å². The smallest absolute Gasteiger partial charge is 0.328 e. The lowest BCUT2D eigenvalue weighted by atomic mass is 10.0. The van der Waals surface area contributed by atoms with Crippen LogP contribution in [0.3, 0.4) is 0 Å². The number of hydrogen-bond acceptors (Lipinski definition) is 8. The summed E-state index contributed by atoms with van der Waals surface area (Å²) in [5, 5.41) is 48.5. The van der Waals surface area contributed by atoms with Crippen molar-refractivity contribution in [1.82, 2.24) is 5.01 Å². The molecule has 0 aromatic carbocycles. The van der Waals surface area contributed by atoms with Crippen LogP contribution in [-0.4, -0.2) is 79.8 Å². The average Bonchev–Trinajstić information content (AvgIpc) is 2.42. The number of carboxylic acids is 1. The summed E-state index contributed by atoms with van der Waals surface area (Å²) >= 11 is 0. The summed E-state index contributed by atoms with van der Waals surface area (Å²) in [4.78, 5) is 33.4. The molecule has 0 radical (unpaired) electrons. The first-order chi connectivity index (χ1) is 9.67. The van der Waals surface area contributed by atoms with E-state index in [1.807, 2.05) is 0 Å². The molecule has 0 aliphatic heterocycles. The van der Waals surface area contributed by atoms with E-state index in [0.717, 1.165) is 0 Å². The number of aliphatic hydroxyl groups is 4. The van der Waals surface area contributed by atoms with E-state index in [9.17, 15) is 24.7 Å². The topological polar surface area (TPSA) is 168 Å². The van der Waals surface area contributed by atoms with Gasteiger partial charge < -0.3 is 25.5 Å². The van der Waals surface area contributed by atoms with E-state index in [2.05, 4.69) is 5.29 Å². The molecule has 21 heavy (non-hydrogen) atoms. The lowest BCUT2D eigenvalue weighted by Gasteiger charge is -2.27. The molecule has 10 heteroatoms. The Morgan fingerprint density at radius 3 is 2.05 bits per heavy atom. The van der Waals surface area contributed by atoms with Gasteiger partial charge in [-0.2, -0.15) is 0 Å². The molecular formula is C11H20N2O8. The minimum Gasteiger partial charge on any atom is -0.480 e. The number of nitroso groups, excluding NO2 is 1. The molecule has 0 rings (SSSR count). The first kappa shape index (κ1) is 19.4. The highest BCUT2D eigenvalue weighted by molar-refractivity contribution is 5.86. The summed E-state index contributed by atoms with van der Waals surface area (Å²) in [6.07, 6.45) is -5.79. The minimum atomic E-state index is -2.09. The van der Waals surface area contributed by atoms with Crippen LogP contribution in [0.15, 0.2) is 5.29 Å². The van der Waals surface area contributed by atoms with E-state index in [4.69, 9.17) is 15.3 Å². The fourth-order valence-electron chi connectivity index (χ4n) is 1.70. The van der Waals surface area contributed by atoms with Crippen molar-refractivity contribution in [3.63, 3.8) is 0 Å². The van der Waals surface area contributed by atoms with Crippen LogP contribution in [0.25, 0.3) is 0 Å². The lowest BCUT2D eigenvalue weighted by molar-refractivity contribution is -0.148. The zero-order valence-corrected chi connectivity index (χ0v) is 11.7. The Morgan fingerprint density at radius 2 is 1.71 bits per heavy atom. The van der Waals surface area contributed by atoms with Crippen LogP contribution in [-0.2, 0) is 9.59 Å². The van der Waals surface area contributed by atoms with Gasteiger partial charge in [0, 0.05) is 0 Å². The predicted octanol–water partition coefficient (Wildman–Crippen LogP) is -2.28. The maximum absolute atomic E-state index is 11.7. The van der Waals surface area contributed by atoms with Crippen molar-refractivity contribution in [3.8, 4) is 0 Å². The molecule has 0 saturated heterocycles. The van der Waals surface area contributed by atoms with E-state index >= 15 is 0 Å². The quantitative estimate of drug-likeness (QED) is 0.220. The van der Waals surface area contributed by atoms with Gasteiger partial charge in [0.2, 0.25) is 0 Å². The third-order valence-electron chi connectivity index (χ3n) is 2.86. The third kappa shape index (κ3) is 5.34. The highest BCUT2D eigenvalue weighted by Crippen LogP contribution is 2.13. The monoisotopic (exact) mass is 308 g/mol. The fourth-order valence-corrected chi connectivity index (χ4v) is 1.70. The number of aliphatic hydroxyl groups excluding tert-OH is 4. The zero-order valence-electron chi connectivity index (χ0n) is 11.7. The second-order valence-corrected chi connectivity index (χ2v) is 4.86.